The fourth-order valence-corrected chi connectivity index (χ4v) is 1.46. The molecule has 0 spiro atoms. The molecule has 0 radical (unpaired) electrons. The van der Waals surface area contributed by atoms with Gasteiger partial charge in [0, 0.05) is 0 Å². The Kier molecular flexibility index (Phi) is 4.14. The molecule has 3 nitrogen and oxygen atoms in total. The van der Waals surface area contributed by atoms with E-state index in [1.54, 1.807) is 0 Å². The first-order valence-corrected chi connectivity index (χ1v) is 4.75. The zero-order chi connectivity index (χ0) is 13.4. The molecule has 0 heterocycles. The predicted molar refractivity (Wildman–Crippen MR) is 34.0 cm³/mol. The van der Waals surface area contributed by atoms with E-state index in [9.17, 15) is 43.5 Å². The molecule has 0 rings (SSSR count). The molecule has 0 saturated heterocycles. The summed E-state index contributed by atoms with van der Waals surface area (Å²) >= 11 is 0. The van der Waals surface area contributed by atoms with E-state index in [-0.39, 0.29) is 0 Å². The lowest BCUT2D eigenvalue weighted by Gasteiger charge is -2.20. The van der Waals surface area contributed by atoms with Gasteiger partial charge in [-0.15, -0.1) is 4.72 Å². The fraction of sp³-hybridized carbons (Fsp3) is 1.00. The Bertz CT molecular complexity index is 334. The lowest BCUT2D eigenvalue weighted by atomic mass is 10.4. The molecule has 16 heavy (non-hydrogen) atoms. The summed E-state index contributed by atoms with van der Waals surface area (Å²) in [5.74, 6) is -5.74. The fourth-order valence-electron chi connectivity index (χ4n) is 0.519. The van der Waals surface area contributed by atoms with E-state index in [2.05, 4.69) is 0 Å². The molecule has 1 atom stereocenters. The summed E-state index contributed by atoms with van der Waals surface area (Å²) in [6.07, 6.45) is -10.5. The Morgan fingerprint density at radius 1 is 0.938 bits per heavy atom. The van der Waals surface area contributed by atoms with Crippen LogP contribution in [0.4, 0.5) is 35.1 Å². The largest absolute Gasteiger partial charge is 0.470 e. The van der Waals surface area contributed by atoms with Gasteiger partial charge in [-0.05, 0) is 0 Å². The highest BCUT2D eigenvalue weighted by Gasteiger charge is 2.58. The number of sulfonamides is 1. The highest BCUT2D eigenvalue weighted by Crippen LogP contribution is 2.32. The molecule has 0 bridgehead atoms. The summed E-state index contributed by atoms with van der Waals surface area (Å²) in [4.78, 5) is 0. The van der Waals surface area contributed by atoms with E-state index in [1.807, 2.05) is 0 Å². The maximum Gasteiger partial charge on any atom is 0.470 e. The van der Waals surface area contributed by atoms with E-state index in [1.165, 1.54) is 0 Å². The highest BCUT2D eigenvalue weighted by molar-refractivity contribution is 7.90. The molecule has 0 aromatic rings. The summed E-state index contributed by atoms with van der Waals surface area (Å²) in [5, 5.41) is 0. The summed E-state index contributed by atoms with van der Waals surface area (Å²) in [6.45, 7) is 0. The number of alkyl halides is 8. The third kappa shape index (κ3) is 3.73. The van der Waals surface area contributed by atoms with Crippen LogP contribution in [0.2, 0.25) is 0 Å². The lowest BCUT2D eigenvalue weighted by Crippen LogP contribution is -2.50. The minimum absolute atomic E-state index is 0.460. The molecule has 0 amide bonds. The van der Waals surface area contributed by atoms with Crippen LogP contribution in [-0.2, 0) is 10.0 Å². The van der Waals surface area contributed by atoms with Gasteiger partial charge in [0.25, 0.3) is 15.5 Å². The molecule has 0 aliphatic heterocycles. The van der Waals surface area contributed by atoms with Crippen molar-refractivity contribution in [1.82, 2.24) is 4.72 Å². The molecule has 0 aliphatic rings. The summed E-state index contributed by atoms with van der Waals surface area (Å²) < 4.78 is 114. The number of nitrogens with one attached hydrogen (secondary N) is 1. The van der Waals surface area contributed by atoms with Gasteiger partial charge in [0.1, 0.15) is 0 Å². The minimum atomic E-state index is -6.29. The molecular weight excluding hydrogens is 278 g/mol. The van der Waals surface area contributed by atoms with Gasteiger partial charge in [0.05, 0.1) is 0 Å². The number of hydrogen-bond acceptors (Lipinski definition) is 2. The molecule has 0 fully saturated rings. The van der Waals surface area contributed by atoms with Crippen molar-refractivity contribution in [3.8, 4) is 0 Å². The van der Waals surface area contributed by atoms with Crippen LogP contribution in [0.5, 0.6) is 0 Å². The van der Waals surface area contributed by atoms with Crippen LogP contribution in [0.3, 0.4) is 0 Å². The second kappa shape index (κ2) is 4.31. The molecule has 98 valence electrons. The van der Waals surface area contributed by atoms with Gasteiger partial charge in [-0.3, -0.25) is 0 Å². The second-order valence-electron chi connectivity index (χ2n) is 2.44. The van der Waals surface area contributed by atoms with Crippen LogP contribution in [-0.4, -0.2) is 32.6 Å². The van der Waals surface area contributed by atoms with Crippen LogP contribution in [0.15, 0.2) is 0 Å². The van der Waals surface area contributed by atoms with Crippen molar-refractivity contribution in [2.75, 3.05) is 0 Å². The van der Waals surface area contributed by atoms with Gasteiger partial charge in [0.15, 0.2) is 0 Å². The maximum atomic E-state index is 12.4. The topological polar surface area (TPSA) is 46.2 Å². The molecule has 0 aliphatic carbocycles. The Hall–Kier alpha value is -0.650. The van der Waals surface area contributed by atoms with Gasteiger partial charge in [0.2, 0.25) is 0 Å². The minimum Gasteiger partial charge on any atom is -0.221 e. The molecule has 1 unspecified atom stereocenters. The van der Waals surface area contributed by atoms with Crippen molar-refractivity contribution in [1.29, 1.82) is 0 Å². The molecule has 0 aromatic carbocycles. The average molecular weight is 281 g/mol. The van der Waals surface area contributed by atoms with Crippen molar-refractivity contribution in [2.24, 2.45) is 0 Å². The van der Waals surface area contributed by atoms with Gasteiger partial charge in [-0.2, -0.15) is 22.0 Å². The van der Waals surface area contributed by atoms with Crippen molar-refractivity contribution in [2.45, 2.75) is 24.2 Å². The van der Waals surface area contributed by atoms with Crippen LogP contribution in [0, 0.1) is 0 Å². The Morgan fingerprint density at radius 3 is 1.56 bits per heavy atom. The zero-order valence-electron chi connectivity index (χ0n) is 6.90. The first-order valence-electron chi connectivity index (χ1n) is 3.20. The third-order valence-electron chi connectivity index (χ3n) is 1.12. The third-order valence-corrected chi connectivity index (χ3v) is 2.50. The Balaban J connectivity index is 5.06. The Labute approximate surface area is 83.5 Å². The van der Waals surface area contributed by atoms with Crippen molar-refractivity contribution < 1.29 is 43.5 Å². The summed E-state index contributed by atoms with van der Waals surface area (Å²) in [6, 6.07) is 0. The number of halogens is 8. The molecule has 12 heteroatoms. The van der Waals surface area contributed by atoms with E-state index < -0.39 is 38.9 Å². The normalized spacial score (nSPS) is 16.6. The first-order chi connectivity index (χ1) is 6.81. The van der Waals surface area contributed by atoms with E-state index in [0.29, 0.717) is 0 Å². The standard InChI is InChI=1S/C4H3F8NO2S/c5-1(6)3(8,9)2(7)16(14,15)13-4(10,11)12/h1-2,13H. The van der Waals surface area contributed by atoms with E-state index >= 15 is 0 Å². The molecular formula is C4H3F8NO2S. The van der Waals surface area contributed by atoms with Gasteiger partial charge < -0.3 is 0 Å². The van der Waals surface area contributed by atoms with Crippen LogP contribution in [0.25, 0.3) is 0 Å². The second-order valence-corrected chi connectivity index (χ2v) is 4.14. The number of rotatable bonds is 4. The van der Waals surface area contributed by atoms with Crippen LogP contribution in [0.1, 0.15) is 0 Å². The van der Waals surface area contributed by atoms with Crippen molar-refractivity contribution in [3.63, 3.8) is 0 Å². The quantitative estimate of drug-likeness (QED) is 0.628. The first kappa shape index (κ1) is 15.3. The van der Waals surface area contributed by atoms with Crippen molar-refractivity contribution in [3.05, 3.63) is 0 Å². The van der Waals surface area contributed by atoms with Gasteiger partial charge in [-0.1, -0.05) is 0 Å². The predicted octanol–water partition coefficient (Wildman–Crippen LogP) is 1.62. The zero-order valence-corrected chi connectivity index (χ0v) is 7.72. The summed E-state index contributed by atoms with van der Waals surface area (Å²) in [7, 11) is -6.29. The maximum absolute atomic E-state index is 12.4. The van der Waals surface area contributed by atoms with E-state index in [4.69, 9.17) is 0 Å². The van der Waals surface area contributed by atoms with Gasteiger partial charge >= 0.3 is 18.6 Å². The van der Waals surface area contributed by atoms with Crippen molar-refractivity contribution >= 4 is 10.0 Å². The number of hydrogen-bond donors (Lipinski definition) is 1. The van der Waals surface area contributed by atoms with Crippen LogP contribution >= 0.6 is 0 Å². The molecule has 1 N–H and O–H groups in total. The highest BCUT2D eigenvalue weighted by atomic mass is 32.2. The monoisotopic (exact) mass is 281 g/mol. The van der Waals surface area contributed by atoms with E-state index in [0.717, 1.165) is 0 Å². The summed E-state index contributed by atoms with van der Waals surface area (Å²) in [5.41, 5.74) is -4.71. The average Bonchev–Trinajstić information content (AvgIpc) is 1.97. The smallest absolute Gasteiger partial charge is 0.221 e. The van der Waals surface area contributed by atoms with Gasteiger partial charge in [-0.25, -0.2) is 21.6 Å². The molecule has 0 saturated carbocycles. The molecule has 0 aromatic heterocycles. The lowest BCUT2D eigenvalue weighted by molar-refractivity contribution is -0.156. The Morgan fingerprint density at radius 2 is 1.31 bits per heavy atom. The van der Waals surface area contributed by atoms with Crippen LogP contribution < -0.4 is 4.72 Å². The SMILES string of the molecule is O=S(=O)(NC(F)(F)F)C(F)C(F)(F)C(F)F.